The fourth-order valence-electron chi connectivity index (χ4n) is 2.86. The first kappa shape index (κ1) is 15.2. The minimum Gasteiger partial charge on any atom is -0.481 e. The lowest BCUT2D eigenvalue weighted by molar-refractivity contribution is -0.139. The molecule has 7 heteroatoms. The molecule has 1 amide bonds. The van der Waals surface area contributed by atoms with Gasteiger partial charge in [0.25, 0.3) is 0 Å². The van der Waals surface area contributed by atoms with Crippen molar-refractivity contribution < 1.29 is 14.7 Å². The first-order valence-corrected chi connectivity index (χ1v) is 7.05. The Bertz CT molecular complexity index is 576. The topological polar surface area (TPSA) is 101 Å². The van der Waals surface area contributed by atoms with Crippen molar-refractivity contribution in [3.8, 4) is 0 Å². The van der Waals surface area contributed by atoms with Gasteiger partial charge in [-0.05, 0) is 18.9 Å². The van der Waals surface area contributed by atoms with Crippen LogP contribution in [-0.4, -0.2) is 32.1 Å². The van der Waals surface area contributed by atoms with Crippen LogP contribution < -0.4 is 11.0 Å². The Morgan fingerprint density at radius 2 is 2.05 bits per heavy atom. The van der Waals surface area contributed by atoms with Crippen molar-refractivity contribution in [2.45, 2.75) is 50.6 Å². The van der Waals surface area contributed by atoms with Crippen molar-refractivity contribution in [1.82, 2.24) is 14.9 Å². The van der Waals surface area contributed by atoms with Crippen LogP contribution >= 0.6 is 0 Å². The third-order valence-electron chi connectivity index (χ3n) is 3.80. The van der Waals surface area contributed by atoms with E-state index in [1.54, 1.807) is 6.07 Å². The lowest BCUT2D eigenvalue weighted by atomic mass is 9.79. The normalized spacial score (nSPS) is 17.1. The number of aromatic nitrogens is 2. The number of hydrogen-bond acceptors (Lipinski definition) is 4. The van der Waals surface area contributed by atoms with Gasteiger partial charge in [0.1, 0.15) is 6.54 Å². The fourth-order valence-corrected chi connectivity index (χ4v) is 2.86. The SMILES string of the molecule is O=C(O)CC1(NC(=O)Cn2cccnc2=O)CCCCC1. The number of nitrogens with zero attached hydrogens (tertiary/aromatic N) is 2. The number of hydrogen-bond donors (Lipinski definition) is 2. The maximum Gasteiger partial charge on any atom is 0.347 e. The third kappa shape index (κ3) is 4.14. The van der Waals surface area contributed by atoms with Crippen LogP contribution in [0.3, 0.4) is 0 Å². The lowest BCUT2D eigenvalue weighted by Crippen LogP contribution is -2.52. The zero-order valence-electron chi connectivity index (χ0n) is 11.7. The minimum atomic E-state index is -0.921. The number of carbonyl (C=O) groups excluding carboxylic acids is 1. The Hall–Kier alpha value is -2.18. The van der Waals surface area contributed by atoms with Crippen LogP contribution in [0.1, 0.15) is 38.5 Å². The fraction of sp³-hybridized carbons (Fsp3) is 0.571. The van der Waals surface area contributed by atoms with Gasteiger partial charge in [0.15, 0.2) is 0 Å². The van der Waals surface area contributed by atoms with Crippen molar-refractivity contribution in [2.75, 3.05) is 0 Å². The molecule has 2 rings (SSSR count). The summed E-state index contributed by atoms with van der Waals surface area (Å²) in [7, 11) is 0. The number of rotatable bonds is 5. The van der Waals surface area contributed by atoms with Gasteiger partial charge in [-0.15, -0.1) is 0 Å². The van der Waals surface area contributed by atoms with Crippen LogP contribution in [0.2, 0.25) is 0 Å². The van der Waals surface area contributed by atoms with Crippen LogP contribution in [0.4, 0.5) is 0 Å². The Balaban J connectivity index is 2.06. The first-order chi connectivity index (χ1) is 10.0. The van der Waals surface area contributed by atoms with Crippen LogP contribution in [0.5, 0.6) is 0 Å². The highest BCUT2D eigenvalue weighted by Crippen LogP contribution is 2.31. The molecule has 1 saturated carbocycles. The van der Waals surface area contributed by atoms with E-state index in [1.165, 1.54) is 17.0 Å². The van der Waals surface area contributed by atoms with Crippen molar-refractivity contribution in [3.05, 3.63) is 28.9 Å². The van der Waals surface area contributed by atoms with Crippen molar-refractivity contribution in [2.24, 2.45) is 0 Å². The van der Waals surface area contributed by atoms with E-state index in [1.807, 2.05) is 0 Å². The zero-order chi connectivity index (χ0) is 15.3. The molecule has 0 atom stereocenters. The Labute approximate surface area is 122 Å². The van der Waals surface area contributed by atoms with Crippen molar-refractivity contribution in [3.63, 3.8) is 0 Å². The molecule has 7 nitrogen and oxygen atoms in total. The van der Waals surface area contributed by atoms with E-state index < -0.39 is 17.2 Å². The third-order valence-corrected chi connectivity index (χ3v) is 3.80. The molecular formula is C14H19N3O4. The van der Waals surface area contributed by atoms with Crippen LogP contribution in [-0.2, 0) is 16.1 Å². The van der Waals surface area contributed by atoms with Gasteiger partial charge in [0, 0.05) is 12.4 Å². The average molecular weight is 293 g/mol. The van der Waals surface area contributed by atoms with Crippen LogP contribution in [0, 0.1) is 0 Å². The van der Waals surface area contributed by atoms with Crippen LogP contribution in [0.25, 0.3) is 0 Å². The second-order valence-corrected chi connectivity index (χ2v) is 5.49. The summed E-state index contributed by atoms with van der Waals surface area (Å²) >= 11 is 0. The number of carboxylic acids is 1. The highest BCUT2D eigenvalue weighted by atomic mass is 16.4. The second kappa shape index (κ2) is 6.51. The molecule has 1 aliphatic carbocycles. The van der Waals surface area contributed by atoms with E-state index in [2.05, 4.69) is 10.3 Å². The van der Waals surface area contributed by atoms with E-state index in [0.717, 1.165) is 19.3 Å². The summed E-state index contributed by atoms with van der Waals surface area (Å²) in [6.07, 6.45) is 6.95. The summed E-state index contributed by atoms with van der Waals surface area (Å²) in [4.78, 5) is 38.2. The Morgan fingerprint density at radius 1 is 1.33 bits per heavy atom. The predicted octanol–water partition coefficient (Wildman–Crippen LogP) is 0.537. The molecule has 1 aromatic heterocycles. The highest BCUT2D eigenvalue weighted by Gasteiger charge is 2.35. The van der Waals surface area contributed by atoms with Crippen molar-refractivity contribution >= 4 is 11.9 Å². The average Bonchev–Trinajstić information content (AvgIpc) is 2.41. The molecule has 0 saturated heterocycles. The monoisotopic (exact) mass is 293 g/mol. The molecule has 0 aromatic carbocycles. The summed E-state index contributed by atoms with van der Waals surface area (Å²) in [5, 5.41) is 11.9. The summed E-state index contributed by atoms with van der Waals surface area (Å²) in [6, 6.07) is 1.57. The molecule has 21 heavy (non-hydrogen) atoms. The zero-order valence-corrected chi connectivity index (χ0v) is 11.7. The smallest absolute Gasteiger partial charge is 0.347 e. The molecule has 1 fully saturated rings. The molecule has 0 unspecified atom stereocenters. The number of aliphatic carboxylic acids is 1. The summed E-state index contributed by atoms with van der Waals surface area (Å²) < 4.78 is 1.20. The number of nitrogens with one attached hydrogen (secondary N) is 1. The van der Waals surface area contributed by atoms with Gasteiger partial charge < -0.3 is 10.4 Å². The number of amides is 1. The standard InChI is InChI=1S/C14H19N3O4/c18-11(10-17-8-4-7-15-13(17)21)16-14(9-12(19)20)5-2-1-3-6-14/h4,7-8H,1-3,5-6,9-10H2,(H,16,18)(H,19,20). The molecule has 0 spiro atoms. The predicted molar refractivity (Wildman–Crippen MR) is 74.7 cm³/mol. The lowest BCUT2D eigenvalue weighted by Gasteiger charge is -2.37. The molecule has 1 aromatic rings. The van der Waals surface area contributed by atoms with Gasteiger partial charge in [-0.3, -0.25) is 14.2 Å². The molecule has 114 valence electrons. The first-order valence-electron chi connectivity index (χ1n) is 7.05. The van der Waals surface area contributed by atoms with E-state index in [-0.39, 0.29) is 18.9 Å². The van der Waals surface area contributed by atoms with Gasteiger partial charge in [-0.2, -0.15) is 0 Å². The number of carbonyl (C=O) groups is 2. The molecule has 2 N–H and O–H groups in total. The highest BCUT2D eigenvalue weighted by molar-refractivity contribution is 5.78. The maximum absolute atomic E-state index is 12.1. The van der Waals surface area contributed by atoms with Gasteiger partial charge in [0.05, 0.1) is 12.0 Å². The van der Waals surface area contributed by atoms with Crippen molar-refractivity contribution in [1.29, 1.82) is 0 Å². The maximum atomic E-state index is 12.1. The van der Waals surface area contributed by atoms with E-state index in [4.69, 9.17) is 5.11 Å². The number of carboxylic acid groups (broad SMARTS) is 1. The Morgan fingerprint density at radius 3 is 2.67 bits per heavy atom. The van der Waals surface area contributed by atoms with E-state index in [0.29, 0.717) is 12.8 Å². The quantitative estimate of drug-likeness (QED) is 0.825. The molecule has 0 radical (unpaired) electrons. The summed E-state index contributed by atoms with van der Waals surface area (Å²) in [6.45, 7) is -0.145. The molecule has 1 heterocycles. The molecule has 0 aliphatic heterocycles. The summed E-state index contributed by atoms with van der Waals surface area (Å²) in [5.41, 5.74) is -1.18. The van der Waals surface area contributed by atoms with Gasteiger partial charge in [0.2, 0.25) is 5.91 Å². The molecule has 1 aliphatic rings. The van der Waals surface area contributed by atoms with Gasteiger partial charge in [-0.25, -0.2) is 9.78 Å². The van der Waals surface area contributed by atoms with E-state index >= 15 is 0 Å². The largest absolute Gasteiger partial charge is 0.481 e. The second-order valence-electron chi connectivity index (χ2n) is 5.49. The summed E-state index contributed by atoms with van der Waals surface area (Å²) in [5.74, 6) is -1.27. The minimum absolute atomic E-state index is 0.0827. The van der Waals surface area contributed by atoms with Gasteiger partial charge >= 0.3 is 11.7 Å². The van der Waals surface area contributed by atoms with Crippen LogP contribution in [0.15, 0.2) is 23.3 Å². The Kier molecular flexibility index (Phi) is 4.72. The molecular weight excluding hydrogens is 274 g/mol. The van der Waals surface area contributed by atoms with Gasteiger partial charge in [-0.1, -0.05) is 19.3 Å². The molecule has 0 bridgehead atoms. The van der Waals surface area contributed by atoms with E-state index in [9.17, 15) is 14.4 Å².